The van der Waals surface area contributed by atoms with Crippen molar-refractivity contribution in [2.45, 2.75) is 58.8 Å². The van der Waals surface area contributed by atoms with E-state index < -0.39 is 5.97 Å². The molecule has 1 unspecified atom stereocenters. The van der Waals surface area contributed by atoms with Crippen molar-refractivity contribution in [3.05, 3.63) is 24.3 Å². The number of hydrogen-bond acceptors (Lipinski definition) is 1. The second kappa shape index (κ2) is 11.4. The molecule has 0 aliphatic heterocycles. The first kappa shape index (κ1) is 16.0. The van der Waals surface area contributed by atoms with Crippen molar-refractivity contribution in [3.63, 3.8) is 0 Å². The molecular weight excluding hydrogens is 212 g/mol. The van der Waals surface area contributed by atoms with Gasteiger partial charge in [-0.3, -0.25) is 4.79 Å². The minimum Gasteiger partial charge on any atom is -0.481 e. The monoisotopic (exact) mass is 238 g/mol. The molecule has 98 valence electrons. The van der Waals surface area contributed by atoms with Crippen molar-refractivity contribution in [1.82, 2.24) is 0 Å². The van der Waals surface area contributed by atoms with E-state index in [-0.39, 0.29) is 5.92 Å². The summed E-state index contributed by atoms with van der Waals surface area (Å²) in [6.07, 6.45) is 15.1. The molecule has 0 heterocycles. The quantitative estimate of drug-likeness (QED) is 0.447. The fourth-order valence-electron chi connectivity index (χ4n) is 1.79. The Morgan fingerprint density at radius 3 is 2.47 bits per heavy atom. The molecule has 0 spiro atoms. The van der Waals surface area contributed by atoms with Crippen LogP contribution in [0.4, 0.5) is 0 Å². The van der Waals surface area contributed by atoms with Gasteiger partial charge in [0.1, 0.15) is 0 Å². The number of aliphatic carboxylic acids is 1. The zero-order chi connectivity index (χ0) is 12.9. The largest absolute Gasteiger partial charge is 0.481 e. The third-order valence-electron chi connectivity index (χ3n) is 2.84. The molecule has 1 atom stereocenters. The molecule has 0 rings (SSSR count). The van der Waals surface area contributed by atoms with Gasteiger partial charge in [0.05, 0.1) is 5.92 Å². The van der Waals surface area contributed by atoms with Gasteiger partial charge in [-0.05, 0) is 45.4 Å². The Morgan fingerprint density at radius 1 is 1.12 bits per heavy atom. The summed E-state index contributed by atoms with van der Waals surface area (Å²) in [5.74, 6) is -0.803. The van der Waals surface area contributed by atoms with Crippen LogP contribution < -0.4 is 0 Å². The molecule has 0 saturated carbocycles. The molecular formula is C15H26O2. The molecule has 0 aliphatic rings. The molecule has 1 N–H and O–H groups in total. The fraction of sp³-hybridized carbons (Fsp3) is 0.667. The number of carboxylic acids is 1. The first-order valence-corrected chi connectivity index (χ1v) is 6.71. The second-order valence-electron chi connectivity index (χ2n) is 4.35. The summed E-state index contributed by atoms with van der Waals surface area (Å²) in [5, 5.41) is 9.09. The van der Waals surface area contributed by atoms with Crippen LogP contribution in [0.15, 0.2) is 24.3 Å². The fourth-order valence-corrected chi connectivity index (χ4v) is 1.79. The molecule has 2 heteroatoms. The summed E-state index contributed by atoms with van der Waals surface area (Å²) < 4.78 is 0. The van der Waals surface area contributed by atoms with E-state index >= 15 is 0 Å². The molecule has 0 aromatic carbocycles. The minimum atomic E-state index is -0.638. The van der Waals surface area contributed by atoms with Gasteiger partial charge in [-0.25, -0.2) is 0 Å². The molecule has 0 radical (unpaired) electrons. The summed E-state index contributed by atoms with van der Waals surface area (Å²) in [5.41, 5.74) is 0. The third kappa shape index (κ3) is 9.86. The first-order valence-electron chi connectivity index (χ1n) is 6.71. The van der Waals surface area contributed by atoms with Crippen molar-refractivity contribution in [2.75, 3.05) is 0 Å². The maximum atomic E-state index is 11.0. The van der Waals surface area contributed by atoms with Gasteiger partial charge in [0.15, 0.2) is 0 Å². The zero-order valence-corrected chi connectivity index (χ0v) is 11.2. The Balaban J connectivity index is 3.75. The van der Waals surface area contributed by atoms with Crippen molar-refractivity contribution in [3.8, 4) is 0 Å². The Kier molecular flexibility index (Phi) is 10.7. The predicted octanol–water partition coefficient (Wildman–Crippen LogP) is 4.57. The SMILES string of the molecule is C/C=C/CCCCC(CC/C=C/CC)C(=O)O. The molecule has 0 aliphatic carbocycles. The predicted molar refractivity (Wildman–Crippen MR) is 73.1 cm³/mol. The Morgan fingerprint density at radius 2 is 1.88 bits per heavy atom. The number of carbonyl (C=O) groups is 1. The maximum Gasteiger partial charge on any atom is 0.306 e. The normalized spacial score (nSPS) is 13.5. The molecule has 2 nitrogen and oxygen atoms in total. The average molecular weight is 238 g/mol. The van der Waals surface area contributed by atoms with Crippen LogP contribution in [-0.2, 0) is 4.79 Å². The lowest BCUT2D eigenvalue weighted by molar-refractivity contribution is -0.142. The molecule has 0 bridgehead atoms. The summed E-state index contributed by atoms with van der Waals surface area (Å²) in [6, 6.07) is 0. The smallest absolute Gasteiger partial charge is 0.306 e. The van der Waals surface area contributed by atoms with Crippen LogP contribution in [0.5, 0.6) is 0 Å². The molecule has 17 heavy (non-hydrogen) atoms. The van der Waals surface area contributed by atoms with Crippen LogP contribution in [0.3, 0.4) is 0 Å². The van der Waals surface area contributed by atoms with Gasteiger partial charge in [-0.15, -0.1) is 0 Å². The Hall–Kier alpha value is -1.05. The van der Waals surface area contributed by atoms with Gasteiger partial charge in [-0.2, -0.15) is 0 Å². The van der Waals surface area contributed by atoms with E-state index in [1.54, 1.807) is 0 Å². The summed E-state index contributed by atoms with van der Waals surface area (Å²) in [7, 11) is 0. The topological polar surface area (TPSA) is 37.3 Å². The van der Waals surface area contributed by atoms with E-state index in [2.05, 4.69) is 25.2 Å². The van der Waals surface area contributed by atoms with Gasteiger partial charge in [0.2, 0.25) is 0 Å². The van der Waals surface area contributed by atoms with E-state index in [0.29, 0.717) is 0 Å². The van der Waals surface area contributed by atoms with Crippen LogP contribution in [0.25, 0.3) is 0 Å². The summed E-state index contributed by atoms with van der Waals surface area (Å²) >= 11 is 0. The lowest BCUT2D eigenvalue weighted by atomic mass is 9.96. The van der Waals surface area contributed by atoms with Crippen molar-refractivity contribution in [1.29, 1.82) is 0 Å². The number of hydrogen-bond donors (Lipinski definition) is 1. The van der Waals surface area contributed by atoms with Gasteiger partial charge in [0.25, 0.3) is 0 Å². The van der Waals surface area contributed by atoms with Crippen LogP contribution in [-0.4, -0.2) is 11.1 Å². The van der Waals surface area contributed by atoms with Crippen LogP contribution in [0, 0.1) is 5.92 Å². The van der Waals surface area contributed by atoms with E-state index in [0.717, 1.165) is 44.9 Å². The zero-order valence-electron chi connectivity index (χ0n) is 11.2. The molecule has 0 aromatic rings. The highest BCUT2D eigenvalue weighted by Gasteiger charge is 2.15. The Bertz CT molecular complexity index is 241. The van der Waals surface area contributed by atoms with Gasteiger partial charge >= 0.3 is 5.97 Å². The second-order valence-corrected chi connectivity index (χ2v) is 4.35. The minimum absolute atomic E-state index is 0.165. The third-order valence-corrected chi connectivity index (χ3v) is 2.84. The highest BCUT2D eigenvalue weighted by atomic mass is 16.4. The van der Waals surface area contributed by atoms with E-state index in [4.69, 9.17) is 5.11 Å². The summed E-state index contributed by atoms with van der Waals surface area (Å²) in [6.45, 7) is 4.10. The highest BCUT2D eigenvalue weighted by Crippen LogP contribution is 2.16. The standard InChI is InChI=1S/C15H26O2/c1-3-5-7-9-11-13-14(15(16)17)12-10-8-6-4-2/h3,5-6,8,14H,4,7,9-13H2,1-2H3,(H,16,17)/b5-3+,8-6+. The summed E-state index contributed by atoms with van der Waals surface area (Å²) in [4.78, 5) is 11.0. The van der Waals surface area contributed by atoms with E-state index in [1.165, 1.54) is 0 Å². The molecule has 0 fully saturated rings. The van der Waals surface area contributed by atoms with Gasteiger partial charge in [0, 0.05) is 0 Å². The lowest BCUT2D eigenvalue weighted by Crippen LogP contribution is -2.13. The van der Waals surface area contributed by atoms with Crippen molar-refractivity contribution in [2.24, 2.45) is 5.92 Å². The number of unbranched alkanes of at least 4 members (excludes halogenated alkanes) is 2. The van der Waals surface area contributed by atoms with Crippen molar-refractivity contribution >= 4 is 5.97 Å². The highest BCUT2D eigenvalue weighted by molar-refractivity contribution is 5.69. The number of rotatable bonds is 10. The maximum absolute atomic E-state index is 11.0. The van der Waals surface area contributed by atoms with Crippen molar-refractivity contribution < 1.29 is 9.90 Å². The van der Waals surface area contributed by atoms with Crippen LogP contribution >= 0.6 is 0 Å². The van der Waals surface area contributed by atoms with E-state index in [1.807, 2.05) is 13.0 Å². The van der Waals surface area contributed by atoms with Crippen LogP contribution in [0.1, 0.15) is 58.8 Å². The number of carboxylic acid groups (broad SMARTS) is 1. The average Bonchev–Trinajstić information content (AvgIpc) is 2.31. The molecule has 0 saturated heterocycles. The Labute approximate surface area is 105 Å². The molecule has 0 amide bonds. The van der Waals surface area contributed by atoms with Crippen LogP contribution in [0.2, 0.25) is 0 Å². The van der Waals surface area contributed by atoms with E-state index in [9.17, 15) is 4.79 Å². The lowest BCUT2D eigenvalue weighted by Gasteiger charge is -2.10. The van der Waals surface area contributed by atoms with Gasteiger partial charge < -0.3 is 5.11 Å². The number of allylic oxidation sites excluding steroid dienone is 4. The molecule has 0 aromatic heterocycles. The first-order chi connectivity index (χ1) is 8.22. The van der Waals surface area contributed by atoms with Gasteiger partial charge in [-0.1, -0.05) is 37.6 Å².